The van der Waals surface area contributed by atoms with Crippen LogP contribution in [0.15, 0.2) is 58.6 Å². The molecule has 0 aromatic carbocycles. The number of anilines is 3. The van der Waals surface area contributed by atoms with Crippen LogP contribution >= 0.6 is 11.3 Å². The van der Waals surface area contributed by atoms with E-state index in [1.165, 1.54) is 11.3 Å². The van der Waals surface area contributed by atoms with Gasteiger partial charge in [0.15, 0.2) is 11.5 Å². The zero-order chi connectivity index (χ0) is 20.8. The molecule has 9 nitrogen and oxygen atoms in total. The molecule has 152 valence electrons. The van der Waals surface area contributed by atoms with Crippen molar-refractivity contribution in [1.29, 1.82) is 0 Å². The first-order chi connectivity index (χ1) is 14.7. The van der Waals surface area contributed by atoms with Crippen LogP contribution in [-0.4, -0.2) is 39.1 Å². The summed E-state index contributed by atoms with van der Waals surface area (Å²) in [4.78, 5) is 26.1. The number of nitrogens with one attached hydrogen (secondary N) is 3. The van der Waals surface area contributed by atoms with Gasteiger partial charge in [0.1, 0.15) is 23.3 Å². The second-order valence-electron chi connectivity index (χ2n) is 6.26. The highest BCUT2D eigenvalue weighted by molar-refractivity contribution is 7.13. The Morgan fingerprint density at radius 3 is 2.77 bits per heavy atom. The molecule has 0 aliphatic carbocycles. The van der Waals surface area contributed by atoms with Gasteiger partial charge in [-0.2, -0.15) is 0 Å². The van der Waals surface area contributed by atoms with Crippen LogP contribution in [0.25, 0.3) is 10.6 Å². The third-order valence-electron chi connectivity index (χ3n) is 3.98. The van der Waals surface area contributed by atoms with Gasteiger partial charge in [0.05, 0.1) is 4.88 Å². The Bertz CT molecular complexity index is 1110. The van der Waals surface area contributed by atoms with Crippen molar-refractivity contribution in [1.82, 2.24) is 25.4 Å². The van der Waals surface area contributed by atoms with Crippen molar-refractivity contribution in [3.05, 3.63) is 65.6 Å². The molecular formula is C20H19N7O2S. The van der Waals surface area contributed by atoms with Gasteiger partial charge in [-0.15, -0.1) is 11.3 Å². The normalized spacial score (nSPS) is 10.6. The van der Waals surface area contributed by atoms with Gasteiger partial charge in [-0.05, 0) is 30.5 Å². The summed E-state index contributed by atoms with van der Waals surface area (Å²) in [7, 11) is 0. The minimum Gasteiger partial charge on any atom is -0.368 e. The lowest BCUT2D eigenvalue weighted by atomic mass is 10.3. The van der Waals surface area contributed by atoms with E-state index in [4.69, 9.17) is 4.52 Å². The highest BCUT2D eigenvalue weighted by Gasteiger charge is 2.13. The van der Waals surface area contributed by atoms with Crippen LogP contribution < -0.4 is 16.0 Å². The first-order valence-electron chi connectivity index (χ1n) is 9.24. The number of aryl methyl sites for hydroxylation is 1. The third-order valence-corrected chi connectivity index (χ3v) is 4.87. The molecule has 0 spiro atoms. The first kappa shape index (κ1) is 19.5. The fraction of sp³-hybridized carbons (Fsp3) is 0.150. The van der Waals surface area contributed by atoms with Crippen molar-refractivity contribution < 1.29 is 9.32 Å². The highest BCUT2D eigenvalue weighted by Crippen LogP contribution is 2.25. The number of amides is 1. The van der Waals surface area contributed by atoms with Crippen LogP contribution in [0.5, 0.6) is 0 Å². The van der Waals surface area contributed by atoms with E-state index in [1.807, 2.05) is 42.6 Å². The highest BCUT2D eigenvalue weighted by atomic mass is 32.1. The van der Waals surface area contributed by atoms with Crippen LogP contribution in [0, 0.1) is 6.92 Å². The Morgan fingerprint density at radius 1 is 1.07 bits per heavy atom. The minimum absolute atomic E-state index is 0.248. The van der Waals surface area contributed by atoms with Crippen molar-refractivity contribution in [2.45, 2.75) is 6.92 Å². The van der Waals surface area contributed by atoms with Crippen molar-refractivity contribution in [3.63, 3.8) is 0 Å². The SMILES string of the molecule is Cc1nc(NCCNC(=O)c2cc(-c3cccs3)on2)cc(Nc2ccccn2)n1. The smallest absolute Gasteiger partial charge is 0.273 e. The average molecular weight is 421 g/mol. The number of nitrogens with zero attached hydrogens (tertiary/aromatic N) is 4. The van der Waals surface area contributed by atoms with Gasteiger partial charge in [0, 0.05) is 31.4 Å². The molecule has 0 atom stereocenters. The van der Waals surface area contributed by atoms with Gasteiger partial charge >= 0.3 is 0 Å². The largest absolute Gasteiger partial charge is 0.368 e. The van der Waals surface area contributed by atoms with Crippen molar-refractivity contribution in [2.75, 3.05) is 23.7 Å². The van der Waals surface area contributed by atoms with E-state index < -0.39 is 0 Å². The Labute approximate surface area is 176 Å². The van der Waals surface area contributed by atoms with E-state index in [1.54, 1.807) is 18.3 Å². The Hall–Kier alpha value is -3.79. The molecule has 4 aromatic rings. The van der Waals surface area contributed by atoms with E-state index in [0.29, 0.717) is 42.1 Å². The van der Waals surface area contributed by atoms with Crippen LogP contribution in [-0.2, 0) is 0 Å². The third kappa shape index (κ3) is 4.97. The van der Waals surface area contributed by atoms with E-state index in [-0.39, 0.29) is 11.6 Å². The van der Waals surface area contributed by atoms with Crippen molar-refractivity contribution in [2.24, 2.45) is 0 Å². The fourth-order valence-corrected chi connectivity index (χ4v) is 3.34. The van der Waals surface area contributed by atoms with E-state index in [0.717, 1.165) is 4.88 Å². The standard InChI is InChI=1S/C20H19N7O2S/c1-13-24-18(12-19(25-13)26-17-6-2-3-7-21-17)22-8-9-23-20(28)14-11-15(29-27-14)16-5-4-10-30-16/h2-7,10-12H,8-9H2,1H3,(H,23,28)(H2,21,22,24,25,26). The second-order valence-corrected chi connectivity index (χ2v) is 7.21. The van der Waals surface area contributed by atoms with E-state index in [9.17, 15) is 4.79 Å². The molecule has 3 N–H and O–H groups in total. The molecule has 4 rings (SSSR count). The van der Waals surface area contributed by atoms with Gasteiger partial charge < -0.3 is 20.5 Å². The molecule has 30 heavy (non-hydrogen) atoms. The first-order valence-corrected chi connectivity index (χ1v) is 10.1. The van der Waals surface area contributed by atoms with E-state index >= 15 is 0 Å². The van der Waals surface area contributed by atoms with Crippen LogP contribution in [0.1, 0.15) is 16.3 Å². The zero-order valence-electron chi connectivity index (χ0n) is 16.1. The van der Waals surface area contributed by atoms with Gasteiger partial charge in [-0.1, -0.05) is 17.3 Å². The van der Waals surface area contributed by atoms with Crippen molar-refractivity contribution in [3.8, 4) is 10.6 Å². The molecule has 4 heterocycles. The predicted molar refractivity (Wildman–Crippen MR) is 115 cm³/mol. The zero-order valence-corrected chi connectivity index (χ0v) is 16.9. The maximum Gasteiger partial charge on any atom is 0.273 e. The molecule has 0 radical (unpaired) electrons. The number of hydrogen-bond donors (Lipinski definition) is 3. The molecule has 0 fully saturated rings. The van der Waals surface area contributed by atoms with Crippen LogP contribution in [0.4, 0.5) is 17.5 Å². The molecule has 0 saturated heterocycles. The summed E-state index contributed by atoms with van der Waals surface area (Å²) in [6.45, 7) is 2.69. The molecule has 1 amide bonds. The lowest BCUT2D eigenvalue weighted by Crippen LogP contribution is -2.29. The molecule has 0 aliphatic heterocycles. The van der Waals surface area contributed by atoms with Gasteiger partial charge in [0.2, 0.25) is 0 Å². The summed E-state index contributed by atoms with van der Waals surface area (Å²) < 4.78 is 5.24. The Balaban J connectivity index is 1.28. The Kier molecular flexibility index (Phi) is 5.95. The lowest BCUT2D eigenvalue weighted by molar-refractivity contribution is 0.0946. The molecule has 4 aromatic heterocycles. The number of rotatable bonds is 8. The fourth-order valence-electron chi connectivity index (χ4n) is 2.66. The number of hydrogen-bond acceptors (Lipinski definition) is 9. The maximum absolute atomic E-state index is 12.2. The van der Waals surface area contributed by atoms with E-state index in [2.05, 4.69) is 36.1 Å². The maximum atomic E-state index is 12.2. The van der Waals surface area contributed by atoms with Crippen LogP contribution in [0.2, 0.25) is 0 Å². The van der Waals surface area contributed by atoms with Gasteiger partial charge in [0.25, 0.3) is 5.91 Å². The van der Waals surface area contributed by atoms with Crippen LogP contribution in [0.3, 0.4) is 0 Å². The molecule has 0 saturated carbocycles. The molecular weight excluding hydrogens is 402 g/mol. The molecule has 0 aliphatic rings. The van der Waals surface area contributed by atoms with Gasteiger partial charge in [-0.3, -0.25) is 4.79 Å². The topological polar surface area (TPSA) is 118 Å². The predicted octanol–water partition coefficient (Wildman–Crippen LogP) is 3.48. The summed E-state index contributed by atoms with van der Waals surface area (Å²) in [5.74, 6) is 2.89. The number of carbonyl (C=O) groups is 1. The van der Waals surface area contributed by atoms with Crippen molar-refractivity contribution >= 4 is 34.7 Å². The summed E-state index contributed by atoms with van der Waals surface area (Å²) in [6, 6.07) is 12.8. The second kappa shape index (κ2) is 9.14. The monoisotopic (exact) mass is 421 g/mol. The average Bonchev–Trinajstić information content (AvgIpc) is 3.43. The molecule has 0 unspecified atom stereocenters. The quantitative estimate of drug-likeness (QED) is 0.370. The summed E-state index contributed by atoms with van der Waals surface area (Å²) in [5, 5.41) is 14.9. The molecule has 0 bridgehead atoms. The summed E-state index contributed by atoms with van der Waals surface area (Å²) in [6.07, 6.45) is 1.70. The van der Waals surface area contributed by atoms with Gasteiger partial charge in [-0.25, -0.2) is 15.0 Å². The number of pyridine rings is 1. The number of carbonyl (C=O) groups excluding carboxylic acids is 1. The molecule has 10 heteroatoms. The number of thiophene rings is 1. The summed E-state index contributed by atoms with van der Waals surface area (Å²) in [5.41, 5.74) is 0.248. The Morgan fingerprint density at radius 2 is 1.97 bits per heavy atom. The number of aromatic nitrogens is 4. The minimum atomic E-state index is -0.292. The lowest BCUT2D eigenvalue weighted by Gasteiger charge is -2.10. The summed E-state index contributed by atoms with van der Waals surface area (Å²) >= 11 is 1.53.